The molecule has 5 nitrogen and oxygen atoms in total. The molecular weight excluding hydrogens is 298 g/mol. The maximum atomic E-state index is 12.3. The summed E-state index contributed by atoms with van der Waals surface area (Å²) in [7, 11) is 0. The molecule has 1 amide bonds. The third-order valence-electron chi connectivity index (χ3n) is 3.89. The number of carbonyl (C=O) groups is 1. The molecule has 0 radical (unpaired) electrons. The van der Waals surface area contributed by atoms with E-state index < -0.39 is 0 Å². The van der Waals surface area contributed by atoms with Crippen LogP contribution in [0.2, 0.25) is 0 Å². The molecule has 0 saturated carbocycles. The van der Waals surface area contributed by atoms with E-state index in [9.17, 15) is 4.79 Å². The molecule has 2 aromatic rings. The fraction of sp³-hybridized carbons (Fsp3) is 0.562. The molecule has 0 bridgehead atoms. The fourth-order valence-electron chi connectivity index (χ4n) is 2.54. The zero-order valence-electron chi connectivity index (χ0n) is 13.2. The Morgan fingerprint density at radius 2 is 2.14 bits per heavy atom. The molecule has 0 atom stereocenters. The number of hydrogen-bond acceptors (Lipinski definition) is 5. The minimum atomic E-state index is -0.192. The summed E-state index contributed by atoms with van der Waals surface area (Å²) in [5.41, 5.74) is 3.01. The summed E-state index contributed by atoms with van der Waals surface area (Å²) in [6.45, 7) is 6.82. The van der Waals surface area contributed by atoms with E-state index >= 15 is 0 Å². The van der Waals surface area contributed by atoms with Crippen molar-refractivity contribution in [1.82, 2.24) is 15.5 Å². The van der Waals surface area contributed by atoms with Crippen LogP contribution in [0.15, 0.2) is 9.90 Å². The highest BCUT2D eigenvalue weighted by Gasteiger charge is 2.24. The van der Waals surface area contributed by atoms with Crippen LogP contribution in [0.3, 0.4) is 0 Å². The van der Waals surface area contributed by atoms with E-state index in [2.05, 4.69) is 41.6 Å². The van der Waals surface area contributed by atoms with E-state index in [0.717, 1.165) is 47.6 Å². The standard InChI is InChI=1S/C16H21N3O2S/c1-16(2,3)12-9-22-13(18-12)8-17-15(20)14-10-6-4-5-7-11(10)19-21-14/h9H,4-8H2,1-3H3,(H,17,20). The Bertz CT molecular complexity index is 682. The van der Waals surface area contributed by atoms with Crippen molar-refractivity contribution in [2.24, 2.45) is 0 Å². The number of nitrogens with zero attached hydrogens (tertiary/aromatic N) is 2. The van der Waals surface area contributed by atoms with Crippen LogP contribution in [0.5, 0.6) is 0 Å². The summed E-state index contributed by atoms with van der Waals surface area (Å²) in [6.07, 6.45) is 4.01. The first-order valence-electron chi connectivity index (χ1n) is 7.65. The predicted molar refractivity (Wildman–Crippen MR) is 85.1 cm³/mol. The van der Waals surface area contributed by atoms with Crippen molar-refractivity contribution >= 4 is 17.2 Å². The molecule has 0 fully saturated rings. The van der Waals surface area contributed by atoms with E-state index in [-0.39, 0.29) is 11.3 Å². The lowest BCUT2D eigenvalue weighted by Crippen LogP contribution is -2.24. The Labute approximate surface area is 134 Å². The van der Waals surface area contributed by atoms with Gasteiger partial charge < -0.3 is 9.84 Å². The number of hydrogen-bond donors (Lipinski definition) is 1. The van der Waals surface area contributed by atoms with E-state index in [1.807, 2.05) is 0 Å². The molecule has 3 rings (SSSR count). The zero-order valence-corrected chi connectivity index (χ0v) is 14.0. The molecule has 0 saturated heterocycles. The molecule has 1 N–H and O–H groups in total. The Balaban J connectivity index is 1.65. The average molecular weight is 319 g/mol. The second kappa shape index (κ2) is 5.83. The van der Waals surface area contributed by atoms with Crippen molar-refractivity contribution in [1.29, 1.82) is 0 Å². The van der Waals surface area contributed by atoms with E-state index in [0.29, 0.717) is 12.3 Å². The highest BCUT2D eigenvalue weighted by molar-refractivity contribution is 7.09. The smallest absolute Gasteiger partial charge is 0.290 e. The van der Waals surface area contributed by atoms with Gasteiger partial charge in [-0.15, -0.1) is 11.3 Å². The Hall–Kier alpha value is -1.69. The van der Waals surface area contributed by atoms with Gasteiger partial charge in [-0.25, -0.2) is 4.98 Å². The van der Waals surface area contributed by atoms with Crippen molar-refractivity contribution in [3.05, 3.63) is 33.1 Å². The molecule has 2 heterocycles. The lowest BCUT2D eigenvalue weighted by Gasteiger charge is -2.14. The van der Waals surface area contributed by atoms with Gasteiger partial charge in [0.25, 0.3) is 5.91 Å². The molecule has 0 unspecified atom stereocenters. The van der Waals surface area contributed by atoms with Gasteiger partial charge in [0.2, 0.25) is 5.76 Å². The number of thiazole rings is 1. The van der Waals surface area contributed by atoms with Gasteiger partial charge in [0.05, 0.1) is 17.9 Å². The molecule has 6 heteroatoms. The van der Waals surface area contributed by atoms with Gasteiger partial charge in [0.1, 0.15) is 5.01 Å². The molecule has 1 aliphatic carbocycles. The van der Waals surface area contributed by atoms with Crippen LogP contribution in [-0.2, 0) is 24.8 Å². The van der Waals surface area contributed by atoms with Crippen molar-refractivity contribution in [3.8, 4) is 0 Å². The monoisotopic (exact) mass is 319 g/mol. The summed E-state index contributed by atoms with van der Waals surface area (Å²) in [5, 5.41) is 9.87. The molecule has 0 aromatic carbocycles. The Morgan fingerprint density at radius 1 is 1.36 bits per heavy atom. The second-order valence-corrected chi connectivity index (χ2v) is 7.65. The van der Waals surface area contributed by atoms with Crippen molar-refractivity contribution in [3.63, 3.8) is 0 Å². The van der Waals surface area contributed by atoms with E-state index in [1.54, 1.807) is 11.3 Å². The van der Waals surface area contributed by atoms with Gasteiger partial charge in [-0.3, -0.25) is 4.79 Å². The first-order chi connectivity index (χ1) is 10.4. The molecule has 118 valence electrons. The van der Waals surface area contributed by atoms with E-state index in [1.165, 1.54) is 0 Å². The molecule has 22 heavy (non-hydrogen) atoms. The summed E-state index contributed by atoms with van der Waals surface area (Å²) >= 11 is 1.57. The van der Waals surface area contributed by atoms with Gasteiger partial charge in [-0.2, -0.15) is 0 Å². The van der Waals surface area contributed by atoms with Gasteiger partial charge in [-0.1, -0.05) is 25.9 Å². The number of amides is 1. The maximum absolute atomic E-state index is 12.3. The highest BCUT2D eigenvalue weighted by Crippen LogP contribution is 2.25. The number of carbonyl (C=O) groups excluding carboxylic acids is 1. The summed E-state index contributed by atoms with van der Waals surface area (Å²) in [5.74, 6) is 0.186. The number of nitrogens with one attached hydrogen (secondary N) is 1. The quantitative estimate of drug-likeness (QED) is 0.943. The van der Waals surface area contributed by atoms with Crippen LogP contribution in [0.1, 0.15) is 66.1 Å². The molecule has 2 aromatic heterocycles. The third kappa shape index (κ3) is 3.06. The van der Waals surface area contributed by atoms with Crippen LogP contribution in [0.25, 0.3) is 0 Å². The topological polar surface area (TPSA) is 68.0 Å². The summed E-state index contributed by atoms with van der Waals surface area (Å²) < 4.78 is 5.25. The number of aromatic nitrogens is 2. The first-order valence-corrected chi connectivity index (χ1v) is 8.53. The fourth-order valence-corrected chi connectivity index (χ4v) is 3.50. The molecule has 0 spiro atoms. The van der Waals surface area contributed by atoms with Crippen LogP contribution in [-0.4, -0.2) is 16.0 Å². The SMILES string of the molecule is CC(C)(C)c1csc(CNC(=O)c2onc3c2CCCC3)n1. The second-order valence-electron chi connectivity index (χ2n) is 6.70. The molecular formula is C16H21N3O2S. The third-order valence-corrected chi connectivity index (χ3v) is 4.74. The number of fused-ring (bicyclic) bond motifs is 1. The van der Waals surface area contributed by atoms with Crippen LogP contribution >= 0.6 is 11.3 Å². The Kier molecular flexibility index (Phi) is 4.04. The molecule has 0 aliphatic heterocycles. The molecule has 1 aliphatic rings. The highest BCUT2D eigenvalue weighted by atomic mass is 32.1. The largest absolute Gasteiger partial charge is 0.350 e. The summed E-state index contributed by atoms with van der Waals surface area (Å²) in [4.78, 5) is 16.9. The Morgan fingerprint density at radius 3 is 2.86 bits per heavy atom. The first kappa shape index (κ1) is 15.2. The van der Waals surface area contributed by atoms with Crippen LogP contribution in [0, 0.1) is 0 Å². The van der Waals surface area contributed by atoms with Gasteiger partial charge in [-0.05, 0) is 25.7 Å². The van der Waals surface area contributed by atoms with Gasteiger partial charge in [0, 0.05) is 16.4 Å². The van der Waals surface area contributed by atoms with Crippen molar-refractivity contribution < 1.29 is 9.32 Å². The van der Waals surface area contributed by atoms with Crippen molar-refractivity contribution in [2.75, 3.05) is 0 Å². The lowest BCUT2D eigenvalue weighted by molar-refractivity contribution is 0.0912. The van der Waals surface area contributed by atoms with Crippen LogP contribution < -0.4 is 5.32 Å². The minimum Gasteiger partial charge on any atom is -0.350 e. The summed E-state index contributed by atoms with van der Waals surface area (Å²) in [6, 6.07) is 0. The van der Waals surface area contributed by atoms with E-state index in [4.69, 9.17) is 4.52 Å². The average Bonchev–Trinajstić information content (AvgIpc) is 3.11. The normalized spacial score (nSPS) is 14.7. The van der Waals surface area contributed by atoms with Gasteiger partial charge in [0.15, 0.2) is 0 Å². The predicted octanol–water partition coefficient (Wildman–Crippen LogP) is 3.24. The number of rotatable bonds is 3. The van der Waals surface area contributed by atoms with Crippen LogP contribution in [0.4, 0.5) is 0 Å². The number of aryl methyl sites for hydroxylation is 1. The maximum Gasteiger partial charge on any atom is 0.290 e. The zero-order chi connectivity index (χ0) is 15.7. The van der Waals surface area contributed by atoms with Gasteiger partial charge >= 0.3 is 0 Å². The minimum absolute atomic E-state index is 0.0305. The lowest BCUT2D eigenvalue weighted by atomic mass is 9.93. The van der Waals surface area contributed by atoms with Crippen molar-refractivity contribution in [2.45, 2.75) is 58.4 Å².